The predicted octanol–water partition coefficient (Wildman–Crippen LogP) is 3.41. The van der Waals surface area contributed by atoms with Crippen molar-refractivity contribution in [1.82, 2.24) is 9.80 Å². The van der Waals surface area contributed by atoms with Gasteiger partial charge in [0, 0.05) is 30.9 Å². The number of primary amides is 1. The zero-order chi connectivity index (χ0) is 29.4. The largest absolute Gasteiger partial charge is 0.462 e. The summed E-state index contributed by atoms with van der Waals surface area (Å²) in [4.78, 5) is 68.0. The predicted molar refractivity (Wildman–Crippen MR) is 143 cm³/mol. The van der Waals surface area contributed by atoms with Crippen molar-refractivity contribution < 1.29 is 37.8 Å². The Labute approximate surface area is 231 Å². The molecule has 0 bridgehead atoms. The van der Waals surface area contributed by atoms with Gasteiger partial charge in [0.15, 0.2) is 5.54 Å². The van der Waals surface area contributed by atoms with E-state index < -0.39 is 47.9 Å². The first kappa shape index (κ1) is 30.1. The average Bonchev–Trinajstić information content (AvgIpc) is 3.38. The highest BCUT2D eigenvalue weighted by molar-refractivity contribution is 6.01. The van der Waals surface area contributed by atoms with Crippen molar-refractivity contribution in [3.63, 3.8) is 0 Å². The first-order chi connectivity index (χ1) is 19.1. The van der Waals surface area contributed by atoms with E-state index in [9.17, 15) is 24.0 Å². The number of urea groups is 2. The number of rotatable bonds is 9. The Balaban J connectivity index is 1.93. The number of anilines is 1. The Morgan fingerprint density at radius 2 is 1.73 bits per heavy atom. The van der Waals surface area contributed by atoms with Gasteiger partial charge in [-0.15, -0.1) is 0 Å². The third-order valence-electron chi connectivity index (χ3n) is 6.73. The maximum absolute atomic E-state index is 15.1. The van der Waals surface area contributed by atoms with Gasteiger partial charge in [0.2, 0.25) is 0 Å². The third kappa shape index (κ3) is 6.05. The number of carbonyl (C=O) groups excluding carboxylic acids is 5. The summed E-state index contributed by atoms with van der Waals surface area (Å²) in [6, 6.07) is 9.64. The first-order valence-corrected chi connectivity index (χ1v) is 13.0. The third-order valence-corrected chi connectivity index (χ3v) is 6.73. The van der Waals surface area contributed by atoms with E-state index >= 15 is 4.39 Å². The van der Waals surface area contributed by atoms with Crippen molar-refractivity contribution >= 4 is 35.7 Å². The summed E-state index contributed by atoms with van der Waals surface area (Å²) in [6.07, 6.45) is 0.382. The maximum Gasteiger partial charge on any atom is 0.344 e. The molecule has 0 saturated carbocycles. The van der Waals surface area contributed by atoms with Crippen molar-refractivity contribution in [1.29, 1.82) is 0 Å². The maximum atomic E-state index is 15.1. The molecule has 40 heavy (non-hydrogen) atoms. The number of nitrogens with two attached hydrogens (primary N) is 1. The molecule has 1 saturated heterocycles. The summed E-state index contributed by atoms with van der Waals surface area (Å²) in [5.41, 5.74) is 3.69. The molecule has 2 aromatic rings. The van der Waals surface area contributed by atoms with E-state index in [0.29, 0.717) is 19.5 Å². The highest BCUT2D eigenvalue weighted by atomic mass is 19.1. The summed E-state index contributed by atoms with van der Waals surface area (Å²) < 4.78 is 25.3. The van der Waals surface area contributed by atoms with Gasteiger partial charge in [0.05, 0.1) is 12.2 Å². The molecule has 2 aromatic carbocycles. The molecule has 1 fully saturated rings. The molecule has 2 N–H and O–H groups in total. The molecule has 1 heterocycles. The van der Waals surface area contributed by atoms with Crippen LogP contribution in [0.25, 0.3) is 0 Å². The fourth-order valence-electron chi connectivity index (χ4n) is 4.80. The van der Waals surface area contributed by atoms with E-state index in [1.54, 1.807) is 20.8 Å². The van der Waals surface area contributed by atoms with Crippen LogP contribution in [0.3, 0.4) is 0 Å². The lowest BCUT2D eigenvalue weighted by atomic mass is 9.86. The van der Waals surface area contributed by atoms with Crippen LogP contribution in [0.15, 0.2) is 48.5 Å². The molecule has 11 nitrogen and oxygen atoms in total. The van der Waals surface area contributed by atoms with Crippen LogP contribution in [-0.2, 0) is 24.6 Å². The number of benzene rings is 2. The molecule has 4 amide bonds. The molecule has 1 atom stereocenters. The normalized spacial score (nSPS) is 16.2. The summed E-state index contributed by atoms with van der Waals surface area (Å²) in [5.74, 6) is -3.69. The van der Waals surface area contributed by atoms with Crippen LogP contribution in [0, 0.1) is 5.82 Å². The van der Waals surface area contributed by atoms with Crippen LogP contribution in [0.4, 0.5) is 19.7 Å². The minimum atomic E-state index is -1.90. The van der Waals surface area contributed by atoms with E-state index in [2.05, 4.69) is 0 Å². The molecule has 0 radical (unpaired) electrons. The Kier molecular flexibility index (Phi) is 9.81. The number of carbonyl (C=O) groups is 5. The number of likely N-dealkylation sites (tertiary alicyclic amines) is 1. The van der Waals surface area contributed by atoms with Gasteiger partial charge >= 0.3 is 30.0 Å². The second kappa shape index (κ2) is 13.0. The van der Waals surface area contributed by atoms with Crippen molar-refractivity contribution in [3.8, 4) is 0 Å². The van der Waals surface area contributed by atoms with Gasteiger partial charge in [0.25, 0.3) is 0 Å². The Morgan fingerprint density at radius 3 is 2.35 bits per heavy atom. The van der Waals surface area contributed by atoms with Gasteiger partial charge in [-0.05, 0) is 57.9 Å². The van der Waals surface area contributed by atoms with Crippen LogP contribution in [0.2, 0.25) is 0 Å². The number of amides is 4. The fourth-order valence-corrected chi connectivity index (χ4v) is 4.80. The van der Waals surface area contributed by atoms with E-state index in [0.717, 1.165) is 11.0 Å². The highest BCUT2D eigenvalue weighted by Crippen LogP contribution is 2.42. The summed E-state index contributed by atoms with van der Waals surface area (Å²) in [5, 5.41) is 0. The lowest BCUT2D eigenvalue weighted by Crippen LogP contribution is -2.56. The summed E-state index contributed by atoms with van der Waals surface area (Å²) >= 11 is 0. The minimum Gasteiger partial charge on any atom is -0.462 e. The molecule has 12 heteroatoms. The topological polar surface area (TPSA) is 140 Å². The van der Waals surface area contributed by atoms with Crippen molar-refractivity contribution in [2.45, 2.75) is 39.2 Å². The Morgan fingerprint density at radius 1 is 1.02 bits per heavy atom. The highest BCUT2D eigenvalue weighted by Gasteiger charge is 2.55. The molecule has 1 aliphatic rings. The Bertz CT molecular complexity index is 1280. The monoisotopic (exact) mass is 556 g/mol. The van der Waals surface area contributed by atoms with E-state index in [4.69, 9.17) is 15.2 Å². The van der Waals surface area contributed by atoms with Gasteiger partial charge < -0.3 is 25.0 Å². The summed E-state index contributed by atoms with van der Waals surface area (Å²) in [7, 11) is 0. The zero-order valence-electron chi connectivity index (χ0n) is 22.7. The molecular formula is C28H33FN4O7. The van der Waals surface area contributed by atoms with Crippen LogP contribution in [-0.4, -0.2) is 72.6 Å². The van der Waals surface area contributed by atoms with Gasteiger partial charge in [-0.2, -0.15) is 0 Å². The van der Waals surface area contributed by atoms with E-state index in [1.807, 2.05) is 0 Å². The molecule has 0 aliphatic carbocycles. The molecular weight excluding hydrogens is 523 g/mol. The van der Waals surface area contributed by atoms with Gasteiger partial charge in [-0.3, -0.25) is 4.90 Å². The second-order valence-electron chi connectivity index (χ2n) is 9.01. The minimum absolute atomic E-state index is 0.0220. The van der Waals surface area contributed by atoms with Crippen molar-refractivity contribution in [3.05, 3.63) is 65.5 Å². The molecule has 214 valence electrons. The molecule has 3 rings (SSSR count). The molecule has 0 spiro atoms. The quantitative estimate of drug-likeness (QED) is 0.369. The van der Waals surface area contributed by atoms with Crippen molar-refractivity contribution in [2.24, 2.45) is 5.73 Å². The zero-order valence-corrected chi connectivity index (χ0v) is 22.7. The van der Waals surface area contributed by atoms with Gasteiger partial charge in [-0.1, -0.05) is 24.3 Å². The lowest BCUT2D eigenvalue weighted by molar-refractivity contribution is -0.167. The number of ether oxygens (including phenoxy) is 2. The van der Waals surface area contributed by atoms with Gasteiger partial charge in [-0.25, -0.2) is 28.4 Å². The van der Waals surface area contributed by atoms with Crippen LogP contribution in [0.1, 0.15) is 49.5 Å². The van der Waals surface area contributed by atoms with Gasteiger partial charge in [0.1, 0.15) is 12.4 Å². The number of hydrogen-bond donors (Lipinski definition) is 1. The van der Waals surface area contributed by atoms with Crippen molar-refractivity contribution in [2.75, 3.05) is 37.7 Å². The van der Waals surface area contributed by atoms with Crippen LogP contribution < -0.4 is 10.6 Å². The molecule has 0 aromatic heterocycles. The number of hydrogen-bond acceptors (Lipinski definition) is 7. The average molecular weight is 557 g/mol. The lowest BCUT2D eigenvalue weighted by Gasteiger charge is -2.39. The summed E-state index contributed by atoms with van der Waals surface area (Å²) in [6.45, 7) is 5.38. The number of esters is 3. The number of nitrogens with zero attached hydrogens (tertiary/aromatic N) is 3. The second-order valence-corrected chi connectivity index (χ2v) is 9.01. The Hall–Kier alpha value is -4.48. The van der Waals surface area contributed by atoms with Crippen LogP contribution >= 0.6 is 0 Å². The number of halogens is 1. The SMILES string of the molecule is CCOC(=O)c1cccc(N(CC(=O)OC(=O)C2(c3ccccc3F)CCCN2C(=O)N(CC)CC)C(N)=O)c1. The van der Waals surface area contributed by atoms with E-state index in [-0.39, 0.29) is 36.4 Å². The molecule has 1 unspecified atom stereocenters. The van der Waals surface area contributed by atoms with E-state index in [1.165, 1.54) is 52.3 Å². The standard InChI is InChI=1S/C28H33FN4O7/c1-4-31(5-2)27(38)33-16-10-15-28(33,21-13-7-8-14-22(21)29)25(36)40-23(34)18-32(26(30)37)20-12-9-11-19(17-20)24(35)39-6-3/h7-9,11-14,17H,4-6,10,15-16,18H2,1-3H3,(H2,30,37). The molecule has 1 aliphatic heterocycles. The first-order valence-electron chi connectivity index (χ1n) is 13.0. The smallest absolute Gasteiger partial charge is 0.344 e. The fraction of sp³-hybridized carbons (Fsp3) is 0.393. The van der Waals surface area contributed by atoms with Crippen LogP contribution in [0.5, 0.6) is 0 Å².